The van der Waals surface area contributed by atoms with E-state index in [4.69, 9.17) is 0 Å². The Labute approximate surface area is 96.9 Å². The molecule has 1 atom stereocenters. The molecule has 0 aromatic carbocycles. The number of ketones is 1. The Morgan fingerprint density at radius 1 is 1.25 bits per heavy atom. The molecule has 0 aliphatic heterocycles. The number of rotatable bonds is 3. The van der Waals surface area contributed by atoms with Crippen molar-refractivity contribution in [1.82, 2.24) is 0 Å². The first kappa shape index (κ1) is 12.9. The first-order valence-corrected chi connectivity index (χ1v) is 5.64. The van der Waals surface area contributed by atoms with E-state index in [9.17, 15) is 9.59 Å². The van der Waals surface area contributed by atoms with Crippen LogP contribution in [0.1, 0.15) is 40.0 Å². The van der Waals surface area contributed by atoms with Gasteiger partial charge in [-0.3, -0.25) is 4.79 Å². The third-order valence-corrected chi connectivity index (χ3v) is 3.91. The molecule has 0 amide bonds. The topological polar surface area (TPSA) is 43.4 Å². The van der Waals surface area contributed by atoms with Crippen LogP contribution < -0.4 is 0 Å². The zero-order valence-electron chi connectivity index (χ0n) is 10.5. The van der Waals surface area contributed by atoms with Crippen LogP contribution in [0.15, 0.2) is 12.2 Å². The lowest BCUT2D eigenvalue weighted by Crippen LogP contribution is -2.37. The second kappa shape index (κ2) is 4.40. The Morgan fingerprint density at radius 2 is 1.88 bits per heavy atom. The van der Waals surface area contributed by atoms with E-state index in [1.165, 1.54) is 13.2 Å². The smallest absolute Gasteiger partial charge is 0.330 e. The predicted octanol–water partition coefficient (Wildman–Crippen LogP) is 2.50. The maximum Gasteiger partial charge on any atom is 0.330 e. The van der Waals surface area contributed by atoms with E-state index < -0.39 is 11.4 Å². The lowest BCUT2D eigenvalue weighted by molar-refractivity contribution is -0.134. The van der Waals surface area contributed by atoms with Crippen molar-refractivity contribution >= 4 is 11.8 Å². The van der Waals surface area contributed by atoms with Crippen molar-refractivity contribution in [1.29, 1.82) is 0 Å². The SMILES string of the molecule is COC(=O)/C=C/C1(C(C)=O)CCCC1(C)C. The van der Waals surface area contributed by atoms with Gasteiger partial charge in [-0.05, 0) is 25.2 Å². The number of ether oxygens (including phenoxy) is 1. The van der Waals surface area contributed by atoms with Crippen molar-refractivity contribution in [2.75, 3.05) is 7.11 Å². The average Bonchev–Trinajstić information content (AvgIpc) is 2.51. The molecule has 0 saturated heterocycles. The van der Waals surface area contributed by atoms with E-state index >= 15 is 0 Å². The molecular formula is C13H20O3. The molecular weight excluding hydrogens is 204 g/mol. The number of methoxy groups -OCH3 is 1. The minimum atomic E-state index is -0.499. The predicted molar refractivity (Wildman–Crippen MR) is 61.9 cm³/mol. The molecule has 1 rings (SSSR count). The van der Waals surface area contributed by atoms with Crippen molar-refractivity contribution in [2.45, 2.75) is 40.0 Å². The third-order valence-electron chi connectivity index (χ3n) is 3.91. The molecule has 1 saturated carbocycles. The van der Waals surface area contributed by atoms with Gasteiger partial charge >= 0.3 is 5.97 Å². The van der Waals surface area contributed by atoms with Gasteiger partial charge in [-0.15, -0.1) is 0 Å². The minimum Gasteiger partial charge on any atom is -0.466 e. The molecule has 0 N–H and O–H groups in total. The van der Waals surface area contributed by atoms with Crippen LogP contribution in [0.25, 0.3) is 0 Å². The lowest BCUT2D eigenvalue weighted by Gasteiger charge is -2.36. The van der Waals surface area contributed by atoms with Gasteiger partial charge in [0.05, 0.1) is 12.5 Å². The minimum absolute atomic E-state index is 0.0800. The first-order chi connectivity index (χ1) is 7.35. The molecule has 3 heteroatoms. The van der Waals surface area contributed by atoms with Gasteiger partial charge in [0.25, 0.3) is 0 Å². The monoisotopic (exact) mass is 224 g/mol. The van der Waals surface area contributed by atoms with E-state index in [-0.39, 0.29) is 11.2 Å². The molecule has 1 aliphatic carbocycles. The molecule has 1 fully saturated rings. The summed E-state index contributed by atoms with van der Waals surface area (Å²) < 4.78 is 4.57. The Hall–Kier alpha value is -1.12. The summed E-state index contributed by atoms with van der Waals surface area (Å²) in [4.78, 5) is 23.0. The Bertz CT molecular complexity index is 328. The van der Waals surface area contributed by atoms with E-state index in [0.29, 0.717) is 0 Å². The van der Waals surface area contributed by atoms with Gasteiger partial charge in [0.1, 0.15) is 5.78 Å². The van der Waals surface area contributed by atoms with Gasteiger partial charge in [0.15, 0.2) is 0 Å². The second-order valence-electron chi connectivity index (χ2n) is 5.12. The van der Waals surface area contributed by atoms with Gasteiger partial charge < -0.3 is 4.74 Å². The van der Waals surface area contributed by atoms with Crippen LogP contribution in [-0.4, -0.2) is 18.9 Å². The van der Waals surface area contributed by atoms with Gasteiger partial charge in [-0.1, -0.05) is 26.3 Å². The molecule has 0 aromatic heterocycles. The maximum absolute atomic E-state index is 11.9. The average molecular weight is 224 g/mol. The van der Waals surface area contributed by atoms with Gasteiger partial charge in [-0.2, -0.15) is 0 Å². The van der Waals surface area contributed by atoms with E-state index in [2.05, 4.69) is 18.6 Å². The molecule has 0 radical (unpaired) electrons. The molecule has 1 aliphatic rings. The summed E-state index contributed by atoms with van der Waals surface area (Å²) in [5.74, 6) is -0.265. The fraction of sp³-hybridized carbons (Fsp3) is 0.692. The first-order valence-electron chi connectivity index (χ1n) is 5.64. The number of Topliss-reactive ketones (excluding diaryl/α,β-unsaturated/α-hetero) is 1. The van der Waals surface area contributed by atoms with Crippen LogP contribution >= 0.6 is 0 Å². The summed E-state index contributed by atoms with van der Waals surface area (Å²) in [5.41, 5.74) is -0.579. The molecule has 0 spiro atoms. The number of esters is 1. The highest BCUT2D eigenvalue weighted by atomic mass is 16.5. The zero-order valence-corrected chi connectivity index (χ0v) is 10.5. The highest BCUT2D eigenvalue weighted by Crippen LogP contribution is 2.54. The maximum atomic E-state index is 11.9. The van der Waals surface area contributed by atoms with Crippen molar-refractivity contribution in [3.63, 3.8) is 0 Å². The molecule has 3 nitrogen and oxygen atoms in total. The molecule has 0 heterocycles. The summed E-state index contributed by atoms with van der Waals surface area (Å²) in [7, 11) is 1.34. The Kier molecular flexibility index (Phi) is 3.56. The number of hydrogen-bond donors (Lipinski definition) is 0. The zero-order chi connectivity index (χ0) is 12.4. The highest BCUT2D eigenvalue weighted by molar-refractivity contribution is 5.88. The van der Waals surface area contributed by atoms with E-state index in [1.807, 2.05) is 0 Å². The van der Waals surface area contributed by atoms with Crippen LogP contribution in [-0.2, 0) is 14.3 Å². The molecule has 0 aromatic rings. The van der Waals surface area contributed by atoms with Crippen LogP contribution in [0.2, 0.25) is 0 Å². The number of hydrogen-bond acceptors (Lipinski definition) is 3. The normalized spacial score (nSPS) is 28.2. The van der Waals surface area contributed by atoms with Crippen LogP contribution in [0.5, 0.6) is 0 Å². The third kappa shape index (κ3) is 2.04. The van der Waals surface area contributed by atoms with Gasteiger partial charge in [0, 0.05) is 6.08 Å². The number of carbonyl (C=O) groups excluding carboxylic acids is 2. The van der Waals surface area contributed by atoms with Crippen molar-refractivity contribution < 1.29 is 14.3 Å². The second-order valence-corrected chi connectivity index (χ2v) is 5.12. The summed E-state index contributed by atoms with van der Waals surface area (Å²) in [5, 5.41) is 0. The standard InChI is InChI=1S/C13H20O3/c1-10(14)13(9-6-11(15)16-4)8-5-7-12(13,2)3/h6,9H,5,7-8H2,1-4H3/b9-6+. The number of allylic oxidation sites excluding steroid dienone is 1. The fourth-order valence-corrected chi connectivity index (χ4v) is 2.73. The summed E-state index contributed by atoms with van der Waals surface area (Å²) in [6, 6.07) is 0. The Morgan fingerprint density at radius 3 is 2.25 bits per heavy atom. The molecule has 16 heavy (non-hydrogen) atoms. The Balaban J connectivity index is 3.04. The molecule has 90 valence electrons. The fourth-order valence-electron chi connectivity index (χ4n) is 2.73. The van der Waals surface area contributed by atoms with E-state index in [0.717, 1.165) is 19.3 Å². The summed E-state index contributed by atoms with van der Waals surface area (Å²) in [6.45, 7) is 5.78. The van der Waals surface area contributed by atoms with Crippen LogP contribution in [0.3, 0.4) is 0 Å². The highest BCUT2D eigenvalue weighted by Gasteiger charge is 2.50. The van der Waals surface area contributed by atoms with Crippen molar-refractivity contribution in [2.24, 2.45) is 10.8 Å². The van der Waals surface area contributed by atoms with Crippen molar-refractivity contribution in [3.05, 3.63) is 12.2 Å². The van der Waals surface area contributed by atoms with Crippen molar-refractivity contribution in [3.8, 4) is 0 Å². The summed E-state index contributed by atoms with van der Waals surface area (Å²) >= 11 is 0. The molecule has 1 unspecified atom stereocenters. The molecule has 0 bridgehead atoms. The van der Waals surface area contributed by atoms with Gasteiger partial charge in [0.2, 0.25) is 0 Å². The largest absolute Gasteiger partial charge is 0.466 e. The summed E-state index contributed by atoms with van der Waals surface area (Å²) in [6.07, 6.45) is 5.99. The quantitative estimate of drug-likeness (QED) is 0.546. The lowest BCUT2D eigenvalue weighted by atomic mass is 9.65. The van der Waals surface area contributed by atoms with Gasteiger partial charge in [-0.25, -0.2) is 4.79 Å². The van der Waals surface area contributed by atoms with Crippen LogP contribution in [0, 0.1) is 10.8 Å². The number of carbonyl (C=O) groups is 2. The van der Waals surface area contributed by atoms with Crippen LogP contribution in [0.4, 0.5) is 0 Å². The van der Waals surface area contributed by atoms with E-state index in [1.54, 1.807) is 13.0 Å².